The highest BCUT2D eigenvalue weighted by Gasteiger charge is 2.06. The third-order valence-electron chi connectivity index (χ3n) is 2.78. The van der Waals surface area contributed by atoms with Crippen molar-refractivity contribution in [3.63, 3.8) is 0 Å². The van der Waals surface area contributed by atoms with Gasteiger partial charge in [-0.3, -0.25) is 0 Å². The van der Waals surface area contributed by atoms with Crippen LogP contribution in [0, 0.1) is 5.82 Å². The Bertz CT molecular complexity index is 681. The van der Waals surface area contributed by atoms with E-state index in [0.29, 0.717) is 24.7 Å². The largest absolute Gasteiger partial charge is 0.494 e. The van der Waals surface area contributed by atoms with Gasteiger partial charge in [0.2, 0.25) is 5.82 Å². The first-order chi connectivity index (χ1) is 10.3. The van der Waals surface area contributed by atoms with Crippen LogP contribution in [0.4, 0.5) is 4.39 Å². The van der Waals surface area contributed by atoms with Gasteiger partial charge in [-0.15, -0.1) is 21.5 Å². The molecule has 0 bridgehead atoms. The molecule has 1 aromatic carbocycles. The number of thiophene rings is 1. The Morgan fingerprint density at radius 2 is 2.05 bits per heavy atom. The Morgan fingerprint density at radius 3 is 2.81 bits per heavy atom. The molecule has 3 rings (SSSR count). The van der Waals surface area contributed by atoms with Crippen molar-refractivity contribution in [1.29, 1.82) is 0 Å². The number of nitrogens with zero attached hydrogens (tertiary/aromatic N) is 4. The van der Waals surface area contributed by atoms with Crippen molar-refractivity contribution >= 4 is 11.3 Å². The Balaban J connectivity index is 1.46. The Kier molecular flexibility index (Phi) is 4.20. The van der Waals surface area contributed by atoms with Crippen molar-refractivity contribution in [3.05, 3.63) is 47.6 Å². The van der Waals surface area contributed by atoms with Crippen LogP contribution >= 0.6 is 11.3 Å². The SMILES string of the molecule is Fc1ccc(OCCCn2nnc(-c3cccs3)n2)cc1. The summed E-state index contributed by atoms with van der Waals surface area (Å²) in [6, 6.07) is 9.89. The number of halogens is 1. The van der Waals surface area contributed by atoms with E-state index >= 15 is 0 Å². The van der Waals surface area contributed by atoms with Crippen molar-refractivity contribution in [2.45, 2.75) is 13.0 Å². The van der Waals surface area contributed by atoms with Crippen LogP contribution in [0.2, 0.25) is 0 Å². The van der Waals surface area contributed by atoms with E-state index < -0.39 is 0 Å². The van der Waals surface area contributed by atoms with Gasteiger partial charge in [-0.05, 0) is 40.9 Å². The lowest BCUT2D eigenvalue weighted by Crippen LogP contribution is -2.07. The molecule has 108 valence electrons. The monoisotopic (exact) mass is 304 g/mol. The Morgan fingerprint density at radius 1 is 1.19 bits per heavy atom. The molecule has 0 aliphatic heterocycles. The highest BCUT2D eigenvalue weighted by atomic mass is 32.1. The van der Waals surface area contributed by atoms with E-state index in [2.05, 4.69) is 15.4 Å². The van der Waals surface area contributed by atoms with E-state index in [1.54, 1.807) is 28.3 Å². The summed E-state index contributed by atoms with van der Waals surface area (Å²) in [4.78, 5) is 2.56. The molecular formula is C14H13FN4OS. The fourth-order valence-electron chi connectivity index (χ4n) is 1.77. The van der Waals surface area contributed by atoms with Crippen LogP contribution in [-0.2, 0) is 6.54 Å². The van der Waals surface area contributed by atoms with Crippen LogP contribution in [0.25, 0.3) is 10.7 Å². The fraction of sp³-hybridized carbons (Fsp3) is 0.214. The maximum atomic E-state index is 12.7. The van der Waals surface area contributed by atoms with Gasteiger partial charge >= 0.3 is 0 Å². The Labute approximate surface area is 125 Å². The third-order valence-corrected chi connectivity index (χ3v) is 3.65. The van der Waals surface area contributed by atoms with Gasteiger partial charge in [0.15, 0.2) is 0 Å². The number of aryl methyl sites for hydroxylation is 1. The predicted octanol–water partition coefficient (Wildman–Crippen LogP) is 3.01. The minimum absolute atomic E-state index is 0.268. The number of tetrazole rings is 1. The summed E-state index contributed by atoms with van der Waals surface area (Å²) >= 11 is 1.58. The first-order valence-corrected chi connectivity index (χ1v) is 7.39. The van der Waals surface area contributed by atoms with Gasteiger partial charge in [-0.25, -0.2) is 4.39 Å². The van der Waals surface area contributed by atoms with E-state index in [-0.39, 0.29) is 5.82 Å². The zero-order chi connectivity index (χ0) is 14.5. The average molecular weight is 304 g/mol. The van der Waals surface area contributed by atoms with Crippen LogP contribution < -0.4 is 4.74 Å². The van der Waals surface area contributed by atoms with Crippen molar-refractivity contribution in [2.24, 2.45) is 0 Å². The summed E-state index contributed by atoms with van der Waals surface area (Å²) < 4.78 is 18.2. The fourth-order valence-corrected chi connectivity index (χ4v) is 2.42. The lowest BCUT2D eigenvalue weighted by Gasteiger charge is -2.05. The molecule has 0 saturated carbocycles. The van der Waals surface area contributed by atoms with Crippen LogP contribution in [-0.4, -0.2) is 26.8 Å². The molecule has 0 saturated heterocycles. The van der Waals surface area contributed by atoms with Gasteiger partial charge in [0.05, 0.1) is 18.0 Å². The van der Waals surface area contributed by atoms with Crippen LogP contribution in [0.1, 0.15) is 6.42 Å². The van der Waals surface area contributed by atoms with E-state index in [9.17, 15) is 4.39 Å². The van der Waals surface area contributed by atoms with E-state index in [1.165, 1.54) is 12.1 Å². The quantitative estimate of drug-likeness (QED) is 0.657. The molecule has 2 heterocycles. The van der Waals surface area contributed by atoms with Crippen molar-refractivity contribution in [2.75, 3.05) is 6.61 Å². The second-order valence-electron chi connectivity index (χ2n) is 4.34. The lowest BCUT2D eigenvalue weighted by atomic mass is 10.3. The zero-order valence-electron chi connectivity index (χ0n) is 11.1. The number of ether oxygens (including phenoxy) is 1. The standard InChI is InChI=1S/C14H13FN4OS/c15-11-4-6-12(7-5-11)20-9-2-8-19-17-14(16-18-19)13-3-1-10-21-13/h1,3-7,10H,2,8-9H2. The smallest absolute Gasteiger partial charge is 0.214 e. The van der Waals surface area contributed by atoms with Crippen molar-refractivity contribution in [1.82, 2.24) is 20.2 Å². The molecule has 7 heteroatoms. The van der Waals surface area contributed by atoms with Crippen LogP contribution in [0.3, 0.4) is 0 Å². The molecule has 0 aliphatic rings. The molecule has 3 aromatic rings. The second-order valence-corrected chi connectivity index (χ2v) is 5.29. The van der Waals surface area contributed by atoms with Gasteiger partial charge in [0, 0.05) is 6.42 Å². The number of hydrogen-bond acceptors (Lipinski definition) is 5. The second kappa shape index (κ2) is 6.45. The third kappa shape index (κ3) is 3.63. The zero-order valence-corrected chi connectivity index (χ0v) is 12.0. The van der Waals surface area contributed by atoms with E-state index in [1.807, 2.05) is 17.5 Å². The molecule has 5 nitrogen and oxygen atoms in total. The van der Waals surface area contributed by atoms with Crippen LogP contribution in [0.15, 0.2) is 41.8 Å². The molecule has 0 atom stereocenters. The number of rotatable bonds is 6. The van der Waals surface area contributed by atoms with Gasteiger partial charge in [0.1, 0.15) is 11.6 Å². The van der Waals surface area contributed by atoms with Crippen molar-refractivity contribution in [3.8, 4) is 16.5 Å². The lowest BCUT2D eigenvalue weighted by molar-refractivity contribution is 0.293. The van der Waals surface area contributed by atoms with E-state index in [4.69, 9.17) is 4.74 Å². The molecule has 0 fully saturated rings. The molecule has 0 unspecified atom stereocenters. The summed E-state index contributed by atoms with van der Waals surface area (Å²) in [7, 11) is 0. The maximum absolute atomic E-state index is 12.7. The molecule has 0 aliphatic carbocycles. The molecule has 21 heavy (non-hydrogen) atoms. The molecule has 0 amide bonds. The first kappa shape index (κ1) is 13.7. The first-order valence-electron chi connectivity index (χ1n) is 6.51. The summed E-state index contributed by atoms with van der Waals surface area (Å²) in [6.45, 7) is 1.14. The van der Waals surface area contributed by atoms with Gasteiger partial charge in [-0.1, -0.05) is 6.07 Å². The molecule has 2 aromatic heterocycles. The van der Waals surface area contributed by atoms with Gasteiger partial charge in [0.25, 0.3) is 0 Å². The van der Waals surface area contributed by atoms with Crippen molar-refractivity contribution < 1.29 is 9.13 Å². The number of benzene rings is 1. The molecule has 0 radical (unpaired) electrons. The number of hydrogen-bond donors (Lipinski definition) is 0. The molecule has 0 spiro atoms. The number of aromatic nitrogens is 4. The predicted molar refractivity (Wildman–Crippen MR) is 77.6 cm³/mol. The minimum atomic E-state index is -0.268. The highest BCUT2D eigenvalue weighted by molar-refractivity contribution is 7.13. The van der Waals surface area contributed by atoms with Gasteiger partial charge < -0.3 is 4.74 Å². The summed E-state index contributed by atoms with van der Waals surface area (Å²) in [6.07, 6.45) is 0.748. The minimum Gasteiger partial charge on any atom is -0.494 e. The van der Waals surface area contributed by atoms with E-state index in [0.717, 1.165) is 11.3 Å². The highest BCUT2D eigenvalue weighted by Crippen LogP contribution is 2.19. The summed E-state index contributed by atoms with van der Waals surface area (Å²) in [5.74, 6) is 1.03. The summed E-state index contributed by atoms with van der Waals surface area (Å²) in [5.41, 5.74) is 0. The van der Waals surface area contributed by atoms with Gasteiger partial charge in [-0.2, -0.15) is 4.80 Å². The maximum Gasteiger partial charge on any atom is 0.214 e. The average Bonchev–Trinajstić information content (AvgIpc) is 3.16. The molecular weight excluding hydrogens is 291 g/mol. The molecule has 0 N–H and O–H groups in total. The van der Waals surface area contributed by atoms with Crippen LogP contribution in [0.5, 0.6) is 5.75 Å². The summed E-state index contributed by atoms with van der Waals surface area (Å²) in [5, 5.41) is 14.3. The normalized spacial score (nSPS) is 10.7. The Hall–Kier alpha value is -2.28. The topological polar surface area (TPSA) is 52.8 Å².